The number of halogens is 1. The van der Waals surface area contributed by atoms with Gasteiger partial charge >= 0.3 is 0 Å². The second kappa shape index (κ2) is 9.27. The molecule has 2 aromatic carbocycles. The number of ether oxygens (including phenoxy) is 2. The summed E-state index contributed by atoms with van der Waals surface area (Å²) in [4.78, 5) is 0. The molecule has 0 atom stereocenters. The number of nitrogens with one attached hydrogen (secondary N) is 1. The first kappa shape index (κ1) is 17.3. The molecule has 0 amide bonds. The maximum absolute atomic E-state index is 5.33. The van der Waals surface area contributed by atoms with Crippen molar-refractivity contribution in [1.29, 1.82) is 0 Å². The van der Waals surface area contributed by atoms with Crippen molar-refractivity contribution in [2.24, 2.45) is 0 Å². The molecule has 114 valence electrons. The Morgan fingerprint density at radius 1 is 0.905 bits per heavy atom. The summed E-state index contributed by atoms with van der Waals surface area (Å²) < 4.78 is 10.5. The second-order valence-electron chi connectivity index (χ2n) is 4.59. The first-order valence-corrected chi connectivity index (χ1v) is 6.79. The average Bonchev–Trinajstić information content (AvgIpc) is 2.52. The fourth-order valence-corrected chi connectivity index (χ4v) is 2.10. The Labute approximate surface area is 132 Å². The number of methoxy groups -OCH3 is 2. The normalized spacial score (nSPS) is 9.81. The van der Waals surface area contributed by atoms with Crippen LogP contribution in [0, 0.1) is 0 Å². The molecular weight excluding hydrogens is 286 g/mol. The van der Waals surface area contributed by atoms with E-state index >= 15 is 0 Å². The highest BCUT2D eigenvalue weighted by Crippen LogP contribution is 2.16. The van der Waals surface area contributed by atoms with Crippen molar-refractivity contribution in [3.63, 3.8) is 0 Å². The van der Waals surface area contributed by atoms with Gasteiger partial charge in [-0.05, 0) is 36.7 Å². The SMILES string of the molecule is COc1ccc(CCNCc2ccccc2OC)cc1.Cl. The van der Waals surface area contributed by atoms with Gasteiger partial charge in [0.05, 0.1) is 14.2 Å². The molecule has 2 rings (SSSR count). The van der Waals surface area contributed by atoms with Crippen LogP contribution in [0.25, 0.3) is 0 Å². The Morgan fingerprint density at radius 3 is 2.29 bits per heavy atom. The lowest BCUT2D eigenvalue weighted by molar-refractivity contribution is 0.408. The van der Waals surface area contributed by atoms with Crippen molar-refractivity contribution in [1.82, 2.24) is 5.32 Å². The van der Waals surface area contributed by atoms with Crippen LogP contribution in [-0.4, -0.2) is 20.8 Å². The molecule has 0 heterocycles. The van der Waals surface area contributed by atoms with Crippen LogP contribution < -0.4 is 14.8 Å². The Kier molecular flexibility index (Phi) is 7.65. The second-order valence-corrected chi connectivity index (χ2v) is 4.59. The van der Waals surface area contributed by atoms with Gasteiger partial charge in [0, 0.05) is 12.1 Å². The van der Waals surface area contributed by atoms with Crippen LogP contribution in [0.3, 0.4) is 0 Å². The molecule has 0 fully saturated rings. The van der Waals surface area contributed by atoms with Gasteiger partial charge in [-0.2, -0.15) is 0 Å². The van der Waals surface area contributed by atoms with Crippen LogP contribution in [-0.2, 0) is 13.0 Å². The van der Waals surface area contributed by atoms with E-state index in [0.717, 1.165) is 31.0 Å². The van der Waals surface area contributed by atoms with Gasteiger partial charge in [0.25, 0.3) is 0 Å². The summed E-state index contributed by atoms with van der Waals surface area (Å²) in [6.45, 7) is 1.75. The Bertz CT molecular complexity index is 529. The summed E-state index contributed by atoms with van der Waals surface area (Å²) in [5, 5.41) is 3.44. The first-order valence-electron chi connectivity index (χ1n) is 6.79. The molecular formula is C17H22ClNO2. The fourth-order valence-electron chi connectivity index (χ4n) is 2.10. The minimum absolute atomic E-state index is 0. The quantitative estimate of drug-likeness (QED) is 0.795. The maximum atomic E-state index is 5.33. The van der Waals surface area contributed by atoms with Gasteiger partial charge in [0.1, 0.15) is 11.5 Å². The van der Waals surface area contributed by atoms with Crippen LogP contribution in [0.15, 0.2) is 48.5 Å². The molecule has 0 radical (unpaired) electrons. The molecule has 0 spiro atoms. The molecule has 2 aromatic rings. The monoisotopic (exact) mass is 307 g/mol. The van der Waals surface area contributed by atoms with Crippen LogP contribution in [0.1, 0.15) is 11.1 Å². The predicted octanol–water partition coefficient (Wildman–Crippen LogP) is 3.46. The van der Waals surface area contributed by atoms with Crippen molar-refractivity contribution < 1.29 is 9.47 Å². The lowest BCUT2D eigenvalue weighted by Gasteiger charge is -2.09. The van der Waals surface area contributed by atoms with Crippen molar-refractivity contribution in [3.05, 3.63) is 59.7 Å². The van der Waals surface area contributed by atoms with Crippen molar-refractivity contribution >= 4 is 12.4 Å². The highest BCUT2D eigenvalue weighted by Gasteiger charge is 2.00. The third kappa shape index (κ3) is 5.29. The Morgan fingerprint density at radius 2 is 1.62 bits per heavy atom. The lowest BCUT2D eigenvalue weighted by Crippen LogP contribution is -2.17. The molecule has 0 unspecified atom stereocenters. The predicted molar refractivity (Wildman–Crippen MR) is 88.6 cm³/mol. The first-order chi connectivity index (χ1) is 9.83. The molecule has 1 N–H and O–H groups in total. The summed E-state index contributed by atoms with van der Waals surface area (Å²) in [6, 6.07) is 16.3. The number of hydrogen-bond acceptors (Lipinski definition) is 3. The third-order valence-corrected chi connectivity index (χ3v) is 3.26. The van der Waals surface area contributed by atoms with Gasteiger partial charge < -0.3 is 14.8 Å². The molecule has 4 heteroatoms. The summed E-state index contributed by atoms with van der Waals surface area (Å²) >= 11 is 0. The molecule has 3 nitrogen and oxygen atoms in total. The summed E-state index contributed by atoms with van der Waals surface area (Å²) in [6.07, 6.45) is 0.999. The fraction of sp³-hybridized carbons (Fsp3) is 0.294. The van der Waals surface area contributed by atoms with E-state index in [2.05, 4.69) is 23.5 Å². The molecule has 0 aromatic heterocycles. The topological polar surface area (TPSA) is 30.5 Å². The van der Waals surface area contributed by atoms with Crippen molar-refractivity contribution in [3.8, 4) is 11.5 Å². The number of para-hydroxylation sites is 1. The lowest BCUT2D eigenvalue weighted by atomic mass is 10.1. The minimum atomic E-state index is 0. The smallest absolute Gasteiger partial charge is 0.123 e. The summed E-state index contributed by atoms with van der Waals surface area (Å²) in [5.41, 5.74) is 2.49. The highest BCUT2D eigenvalue weighted by molar-refractivity contribution is 5.85. The Balaban J connectivity index is 0.00000220. The molecule has 0 aliphatic heterocycles. The van der Waals surface area contributed by atoms with Gasteiger partial charge in [0.15, 0.2) is 0 Å². The van der Waals surface area contributed by atoms with E-state index in [-0.39, 0.29) is 12.4 Å². The number of rotatable bonds is 7. The van der Waals surface area contributed by atoms with E-state index < -0.39 is 0 Å². The molecule has 0 aliphatic rings. The van der Waals surface area contributed by atoms with E-state index in [1.165, 1.54) is 11.1 Å². The zero-order valence-electron chi connectivity index (χ0n) is 12.5. The van der Waals surface area contributed by atoms with Crippen LogP contribution >= 0.6 is 12.4 Å². The van der Waals surface area contributed by atoms with Crippen LogP contribution in [0.4, 0.5) is 0 Å². The zero-order chi connectivity index (χ0) is 14.2. The van der Waals surface area contributed by atoms with Gasteiger partial charge in [-0.15, -0.1) is 12.4 Å². The van der Waals surface area contributed by atoms with Gasteiger partial charge in [-0.25, -0.2) is 0 Å². The zero-order valence-corrected chi connectivity index (χ0v) is 13.3. The molecule has 21 heavy (non-hydrogen) atoms. The maximum Gasteiger partial charge on any atom is 0.123 e. The number of hydrogen-bond donors (Lipinski definition) is 1. The standard InChI is InChI=1S/C17H21NO2.ClH/c1-19-16-9-7-14(8-10-16)11-12-18-13-15-5-3-4-6-17(15)20-2;/h3-10,18H,11-13H2,1-2H3;1H. The summed E-state index contributed by atoms with van der Waals surface area (Å²) in [5.74, 6) is 1.83. The van der Waals surface area contributed by atoms with Crippen molar-refractivity contribution in [2.75, 3.05) is 20.8 Å². The van der Waals surface area contributed by atoms with E-state index in [1.807, 2.05) is 30.3 Å². The van der Waals surface area contributed by atoms with Crippen LogP contribution in [0.2, 0.25) is 0 Å². The number of benzene rings is 2. The van der Waals surface area contributed by atoms with Gasteiger partial charge in [0.2, 0.25) is 0 Å². The van der Waals surface area contributed by atoms with Gasteiger partial charge in [-0.3, -0.25) is 0 Å². The minimum Gasteiger partial charge on any atom is -0.497 e. The van der Waals surface area contributed by atoms with E-state index in [4.69, 9.17) is 9.47 Å². The van der Waals surface area contributed by atoms with E-state index in [0.29, 0.717) is 0 Å². The van der Waals surface area contributed by atoms with E-state index in [9.17, 15) is 0 Å². The Hall–Kier alpha value is -1.71. The van der Waals surface area contributed by atoms with Crippen molar-refractivity contribution in [2.45, 2.75) is 13.0 Å². The highest BCUT2D eigenvalue weighted by atomic mass is 35.5. The largest absolute Gasteiger partial charge is 0.497 e. The van der Waals surface area contributed by atoms with Crippen LogP contribution in [0.5, 0.6) is 11.5 Å². The molecule has 0 bridgehead atoms. The van der Waals surface area contributed by atoms with Gasteiger partial charge in [-0.1, -0.05) is 30.3 Å². The average molecular weight is 308 g/mol. The molecule has 0 saturated carbocycles. The van der Waals surface area contributed by atoms with E-state index in [1.54, 1.807) is 14.2 Å². The third-order valence-electron chi connectivity index (χ3n) is 3.26. The molecule has 0 aliphatic carbocycles. The summed E-state index contributed by atoms with van der Waals surface area (Å²) in [7, 11) is 3.39. The molecule has 0 saturated heterocycles.